The molecule has 4 heterocycles. The third-order valence-electron chi connectivity index (χ3n) is 7.14. The number of hydrogen-bond acceptors (Lipinski definition) is 8. The number of hydrogen-bond donors (Lipinski definition) is 0. The maximum absolute atomic E-state index is 13.9. The van der Waals surface area contributed by atoms with Gasteiger partial charge in [-0.3, -0.25) is 18.4 Å². The van der Waals surface area contributed by atoms with Crippen molar-refractivity contribution in [2.24, 2.45) is 11.8 Å². The summed E-state index contributed by atoms with van der Waals surface area (Å²) in [4.78, 5) is 20.2. The summed E-state index contributed by atoms with van der Waals surface area (Å²) < 4.78 is 53.3. The number of benzene rings is 1. The van der Waals surface area contributed by atoms with Crippen LogP contribution in [0, 0.1) is 17.7 Å². The molecule has 0 radical (unpaired) electrons. The van der Waals surface area contributed by atoms with E-state index < -0.39 is 13.6 Å². The van der Waals surface area contributed by atoms with E-state index in [1.807, 2.05) is 46.0 Å². The van der Waals surface area contributed by atoms with Crippen LogP contribution in [0.2, 0.25) is 5.02 Å². The van der Waals surface area contributed by atoms with Crippen molar-refractivity contribution in [3.05, 3.63) is 81.7 Å². The van der Waals surface area contributed by atoms with Gasteiger partial charge in [0.25, 0.3) is 5.56 Å². The molecule has 1 saturated heterocycles. The normalized spacial score (nSPS) is 14.3. The lowest BCUT2D eigenvalue weighted by molar-refractivity contribution is 0.0768. The number of anilines is 1. The molecular formula is C32H39ClFN4O6P. The molecule has 13 heteroatoms. The molecule has 0 unspecified atom stereocenters. The summed E-state index contributed by atoms with van der Waals surface area (Å²) in [6.45, 7) is 11.0. The SMILES string of the molecule is CC(C)COP(=O)(OCC(C)C)OCn1cc(-c2ccn(Cc3cc(F)cc(Cl)c3)c(=O)c2)c2cc(N3CCOCC3)cnc21. The van der Waals surface area contributed by atoms with Crippen LogP contribution in [0.5, 0.6) is 0 Å². The van der Waals surface area contributed by atoms with Gasteiger partial charge in [-0.2, -0.15) is 0 Å². The second-order valence-corrected chi connectivity index (χ2v) is 14.0. The van der Waals surface area contributed by atoms with Crippen molar-refractivity contribution in [1.82, 2.24) is 14.1 Å². The Balaban J connectivity index is 1.49. The summed E-state index contributed by atoms with van der Waals surface area (Å²) >= 11 is 6.01. The molecule has 10 nitrogen and oxygen atoms in total. The molecule has 3 aromatic heterocycles. The molecule has 1 aliphatic heterocycles. The minimum atomic E-state index is -3.88. The Bertz CT molecular complexity index is 1700. The monoisotopic (exact) mass is 660 g/mol. The topological polar surface area (TPSA) is 97.0 Å². The molecule has 0 atom stereocenters. The van der Waals surface area contributed by atoms with E-state index in [2.05, 4.69) is 4.90 Å². The Hall–Kier alpha value is -3.05. The smallest absolute Gasteiger partial charge is 0.378 e. The number of morpholine rings is 1. The van der Waals surface area contributed by atoms with E-state index in [1.54, 1.807) is 23.0 Å². The Labute approximate surface area is 267 Å². The summed E-state index contributed by atoms with van der Waals surface area (Å²) in [7, 11) is -3.88. The zero-order valence-electron chi connectivity index (χ0n) is 25.9. The van der Waals surface area contributed by atoms with Gasteiger partial charge >= 0.3 is 7.82 Å². The highest BCUT2D eigenvalue weighted by Crippen LogP contribution is 2.50. The van der Waals surface area contributed by atoms with Crippen LogP contribution >= 0.6 is 19.4 Å². The average molecular weight is 661 g/mol. The molecule has 0 amide bonds. The molecule has 1 aliphatic rings. The molecule has 1 aromatic carbocycles. The van der Waals surface area contributed by atoms with Gasteiger partial charge < -0.3 is 18.8 Å². The van der Waals surface area contributed by atoms with E-state index in [0.29, 0.717) is 30.0 Å². The van der Waals surface area contributed by atoms with Crippen LogP contribution in [-0.4, -0.2) is 53.6 Å². The number of halogens is 2. The number of rotatable bonds is 13. The van der Waals surface area contributed by atoms with Gasteiger partial charge in [0.05, 0.1) is 44.9 Å². The van der Waals surface area contributed by atoms with Gasteiger partial charge in [-0.15, -0.1) is 0 Å². The third kappa shape index (κ3) is 8.61. The standard InChI is InChI=1S/C32H39ClFN4O6P/c1-22(2)19-42-45(40,43-20-23(3)4)44-21-38-18-30(29-15-28(16-35-32(29)38)36-7-9-41-10-8-36)25-5-6-37(31(39)13-25)17-24-11-26(33)14-27(34)12-24/h5-6,11-16,18,22-23H,7-10,17,19-21H2,1-4H3. The maximum Gasteiger partial charge on any atom is 0.476 e. The molecule has 0 aliphatic carbocycles. The summed E-state index contributed by atoms with van der Waals surface area (Å²) in [5.74, 6) is -0.206. The van der Waals surface area contributed by atoms with Gasteiger partial charge in [0, 0.05) is 47.5 Å². The number of aromatic nitrogens is 3. The predicted molar refractivity (Wildman–Crippen MR) is 173 cm³/mol. The van der Waals surface area contributed by atoms with Crippen LogP contribution in [0.1, 0.15) is 33.3 Å². The van der Waals surface area contributed by atoms with E-state index in [0.717, 1.165) is 29.7 Å². The fraction of sp³-hybridized carbons (Fsp3) is 0.438. The Morgan fingerprint density at radius 2 is 1.71 bits per heavy atom. The van der Waals surface area contributed by atoms with E-state index in [4.69, 9.17) is 34.9 Å². The predicted octanol–water partition coefficient (Wildman–Crippen LogP) is 6.97. The van der Waals surface area contributed by atoms with Crippen molar-refractivity contribution in [1.29, 1.82) is 0 Å². The minimum absolute atomic E-state index is 0.129. The lowest BCUT2D eigenvalue weighted by atomic mass is 10.1. The van der Waals surface area contributed by atoms with Crippen molar-refractivity contribution >= 4 is 36.1 Å². The first-order chi connectivity index (χ1) is 21.5. The lowest BCUT2D eigenvalue weighted by Gasteiger charge is -2.28. The summed E-state index contributed by atoms with van der Waals surface area (Å²) in [6.07, 6.45) is 5.28. The molecule has 0 spiro atoms. The zero-order chi connectivity index (χ0) is 32.1. The van der Waals surface area contributed by atoms with Crippen molar-refractivity contribution in [3.63, 3.8) is 0 Å². The highest BCUT2D eigenvalue weighted by Gasteiger charge is 2.29. The molecule has 45 heavy (non-hydrogen) atoms. The maximum atomic E-state index is 13.9. The summed E-state index contributed by atoms with van der Waals surface area (Å²) in [5.41, 5.74) is 3.22. The molecule has 242 valence electrons. The van der Waals surface area contributed by atoms with Crippen LogP contribution < -0.4 is 10.5 Å². The molecule has 5 rings (SSSR count). The first-order valence-corrected chi connectivity index (χ1v) is 16.8. The third-order valence-corrected chi connectivity index (χ3v) is 8.73. The first-order valence-electron chi connectivity index (χ1n) is 15.0. The Morgan fingerprint density at radius 3 is 2.36 bits per heavy atom. The number of phosphoric acid groups is 1. The van der Waals surface area contributed by atoms with Crippen molar-refractivity contribution in [2.45, 2.75) is 41.0 Å². The minimum Gasteiger partial charge on any atom is -0.378 e. The zero-order valence-corrected chi connectivity index (χ0v) is 27.6. The van der Waals surface area contributed by atoms with Crippen LogP contribution in [0.4, 0.5) is 10.1 Å². The van der Waals surface area contributed by atoms with Gasteiger partial charge in [0.1, 0.15) is 18.2 Å². The molecule has 1 fully saturated rings. The number of ether oxygens (including phenoxy) is 1. The Morgan fingerprint density at radius 1 is 1.00 bits per heavy atom. The van der Waals surface area contributed by atoms with Crippen molar-refractivity contribution < 1.29 is 27.3 Å². The van der Waals surface area contributed by atoms with E-state index >= 15 is 0 Å². The molecule has 4 aromatic rings. The molecular weight excluding hydrogens is 622 g/mol. The van der Waals surface area contributed by atoms with Crippen molar-refractivity contribution in [3.8, 4) is 11.1 Å². The second-order valence-electron chi connectivity index (χ2n) is 11.9. The van der Waals surface area contributed by atoms with Crippen LogP contribution in [0.3, 0.4) is 0 Å². The number of pyridine rings is 2. The Kier molecular flexibility index (Phi) is 10.8. The van der Waals surface area contributed by atoms with Crippen LogP contribution in [-0.2, 0) is 36.1 Å². The van der Waals surface area contributed by atoms with Gasteiger partial charge in [-0.05, 0) is 53.3 Å². The van der Waals surface area contributed by atoms with Crippen molar-refractivity contribution in [2.75, 3.05) is 44.4 Å². The van der Waals surface area contributed by atoms with Gasteiger partial charge in [0.2, 0.25) is 0 Å². The number of fused-ring (bicyclic) bond motifs is 1. The van der Waals surface area contributed by atoms with Gasteiger partial charge in [-0.1, -0.05) is 39.3 Å². The first kappa shape index (κ1) is 33.3. The largest absolute Gasteiger partial charge is 0.476 e. The van der Waals surface area contributed by atoms with E-state index in [1.165, 1.54) is 22.8 Å². The van der Waals surface area contributed by atoms with E-state index in [9.17, 15) is 13.8 Å². The molecule has 0 bridgehead atoms. The van der Waals surface area contributed by atoms with Gasteiger partial charge in [-0.25, -0.2) is 13.9 Å². The second kappa shape index (κ2) is 14.6. The number of nitrogens with zero attached hydrogens (tertiary/aromatic N) is 4. The van der Waals surface area contributed by atoms with Gasteiger partial charge in [0.15, 0.2) is 0 Å². The lowest BCUT2D eigenvalue weighted by Crippen LogP contribution is -2.36. The quantitative estimate of drug-likeness (QED) is 0.142. The average Bonchev–Trinajstić information content (AvgIpc) is 3.37. The molecule has 0 saturated carbocycles. The molecule has 0 N–H and O–H groups in total. The highest BCUT2D eigenvalue weighted by molar-refractivity contribution is 7.48. The highest BCUT2D eigenvalue weighted by atomic mass is 35.5. The summed E-state index contributed by atoms with van der Waals surface area (Å²) in [5, 5.41) is 1.06. The fourth-order valence-electron chi connectivity index (χ4n) is 4.91. The van der Waals surface area contributed by atoms with E-state index in [-0.39, 0.29) is 48.9 Å². The fourth-order valence-corrected chi connectivity index (χ4v) is 6.61. The number of phosphoric ester groups is 1. The summed E-state index contributed by atoms with van der Waals surface area (Å²) in [6, 6.07) is 9.60. The van der Waals surface area contributed by atoms with Crippen LogP contribution in [0.25, 0.3) is 22.2 Å². The van der Waals surface area contributed by atoms with Crippen LogP contribution in [0.15, 0.2) is 59.8 Å².